The van der Waals surface area contributed by atoms with Crippen molar-refractivity contribution in [1.82, 2.24) is 20.5 Å². The quantitative estimate of drug-likeness (QED) is 0.189. The van der Waals surface area contributed by atoms with Crippen LogP contribution in [0.5, 0.6) is 0 Å². The third-order valence-electron chi connectivity index (χ3n) is 9.32. The van der Waals surface area contributed by atoms with E-state index < -0.39 is 0 Å². The number of nitrogens with one attached hydrogen (secondary N) is 3. The average molecular weight is 608 g/mol. The van der Waals surface area contributed by atoms with E-state index in [0.29, 0.717) is 0 Å². The smallest absolute Gasteiger partial charge is 0.0944 e. The first-order chi connectivity index (χ1) is 23.3. The van der Waals surface area contributed by atoms with E-state index in [9.17, 15) is 0 Å². The first-order valence-electron chi connectivity index (χ1n) is 16.2. The van der Waals surface area contributed by atoms with Crippen LogP contribution in [-0.2, 0) is 0 Å². The molecule has 5 aromatic rings. The largest absolute Gasteiger partial charge is 0.387 e. The predicted molar refractivity (Wildman–Crippen MR) is 197 cm³/mol. The molecule has 1 aromatic heterocycles. The van der Waals surface area contributed by atoms with Gasteiger partial charge in [0.1, 0.15) is 0 Å². The Kier molecular flexibility index (Phi) is 6.60. The minimum absolute atomic E-state index is 0.0389. The summed E-state index contributed by atoms with van der Waals surface area (Å²) in [5.41, 5.74) is 13.5. The summed E-state index contributed by atoms with van der Waals surface area (Å²) in [6, 6.07) is 34.8. The Hall–Kier alpha value is -6.07. The standard InChI is InChI=1S/C42H33N5/c1-3-11-39-35(9-1)36-10-2-4-12-40(36)47(39)34-21-22-37-38(25-34)46-42(31-19-15-29(16-20-31)33-8-6-24-44-27-33)41(45-37)30-17-13-28(14-18-30)32-7-5-23-43-26-32/h1-22,24-26,37,43-45H,23,27H2. The number of nitrogens with zero attached hydrogens (tertiary/aromatic N) is 2. The predicted octanol–water partition coefficient (Wildman–Crippen LogP) is 8.14. The Labute approximate surface area is 274 Å². The first kappa shape index (κ1) is 27.3. The molecular weight excluding hydrogens is 574 g/mol. The van der Waals surface area contributed by atoms with Gasteiger partial charge in [0.25, 0.3) is 0 Å². The van der Waals surface area contributed by atoms with Gasteiger partial charge in [-0.2, -0.15) is 0 Å². The van der Waals surface area contributed by atoms with Gasteiger partial charge in [-0.05, 0) is 64.4 Å². The second-order valence-corrected chi connectivity index (χ2v) is 12.2. The van der Waals surface area contributed by atoms with E-state index >= 15 is 0 Å². The Morgan fingerprint density at radius 3 is 2.11 bits per heavy atom. The SMILES string of the molecule is C1=CNCC(c2ccc(C3=C(c4ccc(C5=CNCC=C5)cc4)NC4C=CC(n5c6ccccc6c6ccccc65)=CC4=N3)cc2)=C1. The molecule has 1 aliphatic carbocycles. The lowest BCUT2D eigenvalue weighted by atomic mass is 9.94. The van der Waals surface area contributed by atoms with Crippen molar-refractivity contribution in [2.24, 2.45) is 4.99 Å². The van der Waals surface area contributed by atoms with Crippen molar-refractivity contribution in [2.45, 2.75) is 6.04 Å². The molecule has 0 amide bonds. The summed E-state index contributed by atoms with van der Waals surface area (Å²) in [5, 5.41) is 13.0. The summed E-state index contributed by atoms with van der Waals surface area (Å²) in [6.07, 6.45) is 19.3. The number of dihydropyridines is 2. The summed E-state index contributed by atoms with van der Waals surface area (Å²) < 4.78 is 2.36. The molecular formula is C42H33N5. The highest BCUT2D eigenvalue weighted by atomic mass is 15.0. The van der Waals surface area contributed by atoms with Crippen LogP contribution in [0.4, 0.5) is 0 Å². The Morgan fingerprint density at radius 1 is 0.702 bits per heavy atom. The van der Waals surface area contributed by atoms with E-state index in [4.69, 9.17) is 4.99 Å². The van der Waals surface area contributed by atoms with Crippen LogP contribution in [0.3, 0.4) is 0 Å². The summed E-state index contributed by atoms with van der Waals surface area (Å²) >= 11 is 0. The lowest BCUT2D eigenvalue weighted by molar-refractivity contribution is 0.881. The van der Waals surface area contributed by atoms with Crippen LogP contribution in [0, 0.1) is 0 Å². The molecule has 47 heavy (non-hydrogen) atoms. The van der Waals surface area contributed by atoms with Gasteiger partial charge in [-0.25, -0.2) is 4.99 Å². The number of para-hydroxylation sites is 2. The van der Waals surface area contributed by atoms with Gasteiger partial charge in [0.2, 0.25) is 0 Å². The minimum Gasteiger partial charge on any atom is -0.387 e. The van der Waals surface area contributed by atoms with Crippen LogP contribution in [0.15, 0.2) is 157 Å². The molecule has 5 heteroatoms. The van der Waals surface area contributed by atoms with Gasteiger partial charge >= 0.3 is 0 Å². The van der Waals surface area contributed by atoms with Crippen molar-refractivity contribution in [2.75, 3.05) is 13.1 Å². The second-order valence-electron chi connectivity index (χ2n) is 12.2. The molecule has 0 bridgehead atoms. The van der Waals surface area contributed by atoms with Crippen LogP contribution < -0.4 is 16.0 Å². The van der Waals surface area contributed by atoms with Crippen LogP contribution in [0.25, 0.3) is 50.0 Å². The van der Waals surface area contributed by atoms with Gasteiger partial charge in [-0.15, -0.1) is 0 Å². The first-order valence-corrected chi connectivity index (χ1v) is 16.2. The molecule has 4 aliphatic rings. The minimum atomic E-state index is -0.0389. The maximum absolute atomic E-state index is 5.43. The highest BCUT2D eigenvalue weighted by Crippen LogP contribution is 2.36. The molecule has 0 fully saturated rings. The Morgan fingerprint density at radius 2 is 1.40 bits per heavy atom. The Bertz CT molecular complexity index is 2250. The van der Waals surface area contributed by atoms with E-state index in [1.807, 2.05) is 6.20 Å². The lowest BCUT2D eigenvalue weighted by Crippen LogP contribution is -2.38. The number of allylic oxidation sites excluding steroid dienone is 6. The topological polar surface area (TPSA) is 53.4 Å². The van der Waals surface area contributed by atoms with Crippen molar-refractivity contribution >= 4 is 55.8 Å². The van der Waals surface area contributed by atoms with Gasteiger partial charge < -0.3 is 20.5 Å². The number of aliphatic imine (C=N–C) groups is 1. The molecule has 226 valence electrons. The molecule has 3 aliphatic heterocycles. The highest BCUT2D eigenvalue weighted by molar-refractivity contribution is 6.16. The molecule has 4 heterocycles. The number of rotatable bonds is 5. The van der Waals surface area contributed by atoms with E-state index in [2.05, 4.69) is 166 Å². The van der Waals surface area contributed by atoms with Crippen LogP contribution in [0.2, 0.25) is 0 Å². The van der Waals surface area contributed by atoms with E-state index in [0.717, 1.165) is 47.0 Å². The van der Waals surface area contributed by atoms with Gasteiger partial charge in [-0.3, -0.25) is 0 Å². The van der Waals surface area contributed by atoms with E-state index in [1.165, 1.54) is 44.1 Å². The molecule has 0 saturated carbocycles. The molecule has 0 spiro atoms. The zero-order valence-corrected chi connectivity index (χ0v) is 25.8. The van der Waals surface area contributed by atoms with Gasteiger partial charge in [0.15, 0.2) is 0 Å². The lowest BCUT2D eigenvalue weighted by Gasteiger charge is -2.29. The summed E-state index contributed by atoms with van der Waals surface area (Å²) in [7, 11) is 0. The molecule has 3 N–H and O–H groups in total. The fraction of sp³-hybridized carbons (Fsp3) is 0.0714. The molecule has 9 rings (SSSR count). The molecule has 4 aromatic carbocycles. The molecule has 1 atom stereocenters. The van der Waals surface area contributed by atoms with Crippen LogP contribution >= 0.6 is 0 Å². The van der Waals surface area contributed by atoms with Gasteiger partial charge in [0, 0.05) is 41.3 Å². The molecule has 0 saturated heterocycles. The maximum Gasteiger partial charge on any atom is 0.0944 e. The third-order valence-corrected chi connectivity index (χ3v) is 9.32. The summed E-state index contributed by atoms with van der Waals surface area (Å²) in [4.78, 5) is 5.43. The second kappa shape index (κ2) is 11.4. The number of aromatic nitrogens is 1. The fourth-order valence-electron chi connectivity index (χ4n) is 6.96. The van der Waals surface area contributed by atoms with Gasteiger partial charge in [0.05, 0.1) is 34.2 Å². The van der Waals surface area contributed by atoms with Crippen molar-refractivity contribution in [3.63, 3.8) is 0 Å². The monoisotopic (exact) mass is 607 g/mol. The number of benzene rings is 4. The fourth-order valence-corrected chi connectivity index (χ4v) is 6.96. The van der Waals surface area contributed by atoms with Crippen molar-refractivity contribution < 1.29 is 0 Å². The number of hydrogen-bond acceptors (Lipinski definition) is 4. The maximum atomic E-state index is 5.43. The molecule has 5 nitrogen and oxygen atoms in total. The van der Waals surface area contributed by atoms with Crippen LogP contribution in [-0.4, -0.2) is 29.4 Å². The average Bonchev–Trinajstić information content (AvgIpc) is 3.49. The zero-order chi connectivity index (χ0) is 31.2. The van der Waals surface area contributed by atoms with Crippen molar-refractivity contribution in [1.29, 1.82) is 0 Å². The van der Waals surface area contributed by atoms with Gasteiger partial charge in [-0.1, -0.05) is 109 Å². The summed E-state index contributed by atoms with van der Waals surface area (Å²) in [5.74, 6) is 0. The van der Waals surface area contributed by atoms with E-state index in [1.54, 1.807) is 0 Å². The number of hydrogen-bond donors (Lipinski definition) is 3. The summed E-state index contributed by atoms with van der Waals surface area (Å²) in [6.45, 7) is 1.69. The van der Waals surface area contributed by atoms with Crippen molar-refractivity contribution in [3.8, 4) is 0 Å². The van der Waals surface area contributed by atoms with E-state index in [-0.39, 0.29) is 6.04 Å². The normalized spacial score (nSPS) is 18.5. The zero-order valence-electron chi connectivity index (χ0n) is 25.8. The van der Waals surface area contributed by atoms with Crippen LogP contribution in [0.1, 0.15) is 22.3 Å². The van der Waals surface area contributed by atoms with Crippen molar-refractivity contribution in [3.05, 3.63) is 174 Å². The highest BCUT2D eigenvalue weighted by Gasteiger charge is 2.27. The number of fused-ring (bicyclic) bond motifs is 4. The molecule has 0 radical (unpaired) electrons. The third kappa shape index (κ3) is 4.84. The Balaban J connectivity index is 1.16. The molecule has 1 unspecified atom stereocenters.